The van der Waals surface area contributed by atoms with Crippen molar-refractivity contribution in [3.05, 3.63) is 94.2 Å². The fourth-order valence-corrected chi connectivity index (χ4v) is 3.92. The minimum Gasteiger partial charge on any atom is -0.496 e. The molecule has 1 N–H and O–H groups in total. The first-order chi connectivity index (χ1) is 14.7. The number of ether oxygens (including phenoxy) is 1. The summed E-state index contributed by atoms with van der Waals surface area (Å²) in [5.41, 5.74) is 3.73. The molecular weight excluding hydrogens is 442 g/mol. The first-order valence-corrected chi connectivity index (χ1v) is 10.5. The maximum Gasteiger partial charge on any atom is 0.251 e. The molecule has 0 unspecified atom stereocenters. The number of fused-ring (bicyclic) bond motifs is 1. The highest BCUT2D eigenvalue weighted by Gasteiger charge is 2.13. The van der Waals surface area contributed by atoms with Crippen molar-refractivity contribution >= 4 is 32.9 Å². The third kappa shape index (κ3) is 4.39. The summed E-state index contributed by atoms with van der Waals surface area (Å²) in [6, 6.07) is 23.5. The Morgan fingerprint density at radius 1 is 1.07 bits per heavy atom. The fraction of sp³-hybridized carbons (Fsp3) is 0.167. The molecule has 0 aliphatic heterocycles. The van der Waals surface area contributed by atoms with Gasteiger partial charge in [-0.25, -0.2) is 4.98 Å². The number of benzene rings is 3. The van der Waals surface area contributed by atoms with Crippen LogP contribution < -0.4 is 10.1 Å². The lowest BCUT2D eigenvalue weighted by Crippen LogP contribution is -2.26. The van der Waals surface area contributed by atoms with Gasteiger partial charge in [0.15, 0.2) is 0 Å². The number of nitrogens with one attached hydrogen (secondary N) is 1. The lowest BCUT2D eigenvalue weighted by Gasteiger charge is -2.13. The second kappa shape index (κ2) is 9.13. The van der Waals surface area contributed by atoms with Gasteiger partial charge in [0, 0.05) is 28.6 Å². The van der Waals surface area contributed by atoms with E-state index in [1.165, 1.54) is 0 Å². The summed E-state index contributed by atoms with van der Waals surface area (Å²) >= 11 is 3.40. The van der Waals surface area contributed by atoms with Crippen LogP contribution in [0.5, 0.6) is 5.75 Å². The minimum absolute atomic E-state index is 0.0938. The standard InChI is InChI=1S/C24H22BrN3O2/c1-30-22-12-5-2-7-18(22)16-28-21-11-4-3-10-20(21)27-23(28)13-14-26-24(29)17-8-6-9-19(25)15-17/h2-12,15H,13-14,16H2,1H3,(H,26,29). The second-order valence-electron chi connectivity index (χ2n) is 6.93. The van der Waals surface area contributed by atoms with Gasteiger partial charge in [-0.05, 0) is 36.4 Å². The van der Waals surface area contributed by atoms with Gasteiger partial charge >= 0.3 is 0 Å². The number of rotatable bonds is 7. The van der Waals surface area contributed by atoms with Crippen LogP contribution in [0.3, 0.4) is 0 Å². The third-order valence-electron chi connectivity index (χ3n) is 4.98. The number of imidazole rings is 1. The molecule has 4 aromatic rings. The summed E-state index contributed by atoms with van der Waals surface area (Å²) in [4.78, 5) is 17.3. The van der Waals surface area contributed by atoms with Crippen molar-refractivity contribution in [3.8, 4) is 5.75 Å². The number of aromatic nitrogens is 2. The lowest BCUT2D eigenvalue weighted by atomic mass is 10.2. The van der Waals surface area contributed by atoms with E-state index in [0.717, 1.165) is 32.6 Å². The van der Waals surface area contributed by atoms with Gasteiger partial charge in [0.1, 0.15) is 11.6 Å². The normalized spacial score (nSPS) is 10.9. The molecule has 0 aliphatic rings. The van der Waals surface area contributed by atoms with E-state index in [2.05, 4.69) is 37.9 Å². The molecule has 30 heavy (non-hydrogen) atoms. The largest absolute Gasteiger partial charge is 0.496 e. The Hall–Kier alpha value is -3.12. The van der Waals surface area contributed by atoms with E-state index < -0.39 is 0 Å². The van der Waals surface area contributed by atoms with Crippen LogP contribution in [0.25, 0.3) is 11.0 Å². The summed E-state index contributed by atoms with van der Waals surface area (Å²) in [7, 11) is 1.68. The van der Waals surface area contributed by atoms with Crippen LogP contribution in [0, 0.1) is 0 Å². The summed E-state index contributed by atoms with van der Waals surface area (Å²) in [5, 5.41) is 2.99. The Balaban J connectivity index is 1.55. The molecular formula is C24H22BrN3O2. The van der Waals surface area contributed by atoms with Crippen molar-refractivity contribution in [1.29, 1.82) is 0 Å². The monoisotopic (exact) mass is 463 g/mol. The number of hydrogen-bond acceptors (Lipinski definition) is 3. The van der Waals surface area contributed by atoms with Crippen LogP contribution in [0.4, 0.5) is 0 Å². The predicted octanol–water partition coefficient (Wildman–Crippen LogP) is 4.83. The molecule has 0 spiro atoms. The Labute approximate surface area is 183 Å². The fourth-order valence-electron chi connectivity index (χ4n) is 3.52. The van der Waals surface area contributed by atoms with Gasteiger partial charge in [-0.3, -0.25) is 4.79 Å². The van der Waals surface area contributed by atoms with E-state index in [-0.39, 0.29) is 5.91 Å². The Morgan fingerprint density at radius 2 is 1.87 bits per heavy atom. The predicted molar refractivity (Wildman–Crippen MR) is 122 cm³/mol. The van der Waals surface area contributed by atoms with Gasteiger partial charge in [0.05, 0.1) is 24.7 Å². The lowest BCUT2D eigenvalue weighted by molar-refractivity contribution is 0.0954. The van der Waals surface area contributed by atoms with E-state index >= 15 is 0 Å². The van der Waals surface area contributed by atoms with Gasteiger partial charge in [-0.1, -0.05) is 52.3 Å². The zero-order valence-electron chi connectivity index (χ0n) is 16.6. The van der Waals surface area contributed by atoms with Gasteiger partial charge in [-0.15, -0.1) is 0 Å². The molecule has 0 fully saturated rings. The molecule has 6 heteroatoms. The van der Waals surface area contributed by atoms with Crippen molar-refractivity contribution in [2.45, 2.75) is 13.0 Å². The van der Waals surface area contributed by atoms with E-state index in [0.29, 0.717) is 25.1 Å². The van der Waals surface area contributed by atoms with Gasteiger partial charge in [0.25, 0.3) is 5.91 Å². The smallest absolute Gasteiger partial charge is 0.251 e. The van der Waals surface area contributed by atoms with Crippen molar-refractivity contribution in [1.82, 2.24) is 14.9 Å². The molecule has 0 aliphatic carbocycles. The quantitative estimate of drug-likeness (QED) is 0.427. The zero-order chi connectivity index (χ0) is 20.9. The number of methoxy groups -OCH3 is 1. The number of hydrogen-bond donors (Lipinski definition) is 1. The molecule has 1 heterocycles. The number of nitrogens with zero attached hydrogens (tertiary/aromatic N) is 2. The molecule has 0 bridgehead atoms. The average Bonchev–Trinajstić information content (AvgIpc) is 3.11. The van der Waals surface area contributed by atoms with E-state index in [4.69, 9.17) is 9.72 Å². The zero-order valence-corrected chi connectivity index (χ0v) is 18.2. The first-order valence-electron chi connectivity index (χ1n) is 9.75. The molecule has 0 saturated heterocycles. The van der Waals surface area contributed by atoms with Gasteiger partial charge in [-0.2, -0.15) is 0 Å². The van der Waals surface area contributed by atoms with Crippen molar-refractivity contribution in [2.24, 2.45) is 0 Å². The van der Waals surface area contributed by atoms with Crippen LogP contribution in [-0.2, 0) is 13.0 Å². The maximum atomic E-state index is 12.4. The molecule has 5 nitrogen and oxygen atoms in total. The van der Waals surface area contributed by atoms with Crippen LogP contribution in [-0.4, -0.2) is 29.1 Å². The summed E-state index contributed by atoms with van der Waals surface area (Å²) < 4.78 is 8.60. The van der Waals surface area contributed by atoms with Gasteiger partial charge < -0.3 is 14.6 Å². The molecule has 1 aromatic heterocycles. The number of para-hydroxylation sites is 3. The van der Waals surface area contributed by atoms with Crippen molar-refractivity contribution < 1.29 is 9.53 Å². The highest BCUT2D eigenvalue weighted by molar-refractivity contribution is 9.10. The van der Waals surface area contributed by atoms with Crippen LogP contribution >= 0.6 is 15.9 Å². The highest BCUT2D eigenvalue weighted by Crippen LogP contribution is 2.23. The van der Waals surface area contributed by atoms with Crippen LogP contribution in [0.1, 0.15) is 21.7 Å². The molecule has 1 amide bonds. The second-order valence-corrected chi connectivity index (χ2v) is 7.85. The van der Waals surface area contributed by atoms with Crippen LogP contribution in [0.15, 0.2) is 77.3 Å². The third-order valence-corrected chi connectivity index (χ3v) is 5.47. The molecule has 0 saturated carbocycles. The summed E-state index contributed by atoms with van der Waals surface area (Å²) in [6.45, 7) is 1.15. The molecule has 3 aromatic carbocycles. The topological polar surface area (TPSA) is 56.1 Å². The summed E-state index contributed by atoms with van der Waals surface area (Å²) in [5.74, 6) is 1.68. The first kappa shape index (κ1) is 20.2. The Bertz CT molecular complexity index is 1190. The number of amides is 1. The number of halogens is 1. The molecule has 4 rings (SSSR count). The average molecular weight is 464 g/mol. The van der Waals surface area contributed by atoms with Crippen LogP contribution in [0.2, 0.25) is 0 Å². The number of carbonyl (C=O) groups excluding carboxylic acids is 1. The van der Waals surface area contributed by atoms with E-state index in [1.807, 2.05) is 54.6 Å². The van der Waals surface area contributed by atoms with Gasteiger partial charge in [0.2, 0.25) is 0 Å². The van der Waals surface area contributed by atoms with E-state index in [1.54, 1.807) is 13.2 Å². The molecule has 0 radical (unpaired) electrons. The Kier molecular flexibility index (Phi) is 6.14. The minimum atomic E-state index is -0.0938. The van der Waals surface area contributed by atoms with Crippen molar-refractivity contribution in [2.75, 3.05) is 13.7 Å². The maximum absolute atomic E-state index is 12.4. The number of carbonyl (C=O) groups is 1. The van der Waals surface area contributed by atoms with Crippen molar-refractivity contribution in [3.63, 3.8) is 0 Å². The Morgan fingerprint density at radius 3 is 2.70 bits per heavy atom. The molecule has 0 atom stereocenters. The van der Waals surface area contributed by atoms with E-state index in [9.17, 15) is 4.79 Å². The SMILES string of the molecule is COc1ccccc1Cn1c(CCNC(=O)c2cccc(Br)c2)nc2ccccc21. The highest BCUT2D eigenvalue weighted by atomic mass is 79.9. The molecule has 152 valence electrons. The summed E-state index contributed by atoms with van der Waals surface area (Å²) in [6.07, 6.45) is 0.629.